The normalized spacial score (nSPS) is 12.7. The van der Waals surface area contributed by atoms with Crippen LogP contribution >= 0.6 is 0 Å². The number of rotatable bonds is 5. The molecule has 2 aromatic rings. The highest BCUT2D eigenvalue weighted by Crippen LogP contribution is 2.33. The number of benzene rings is 2. The van der Waals surface area contributed by atoms with Gasteiger partial charge in [-0.05, 0) is 18.2 Å². The summed E-state index contributed by atoms with van der Waals surface area (Å²) in [4.78, 5) is 24.8. The number of hydrogen-bond acceptors (Lipinski definition) is 7. The van der Waals surface area contributed by atoms with Crippen LogP contribution in [0.1, 0.15) is 21.5 Å². The van der Waals surface area contributed by atoms with Gasteiger partial charge < -0.3 is 19.1 Å². The molecule has 0 fully saturated rings. The lowest BCUT2D eigenvalue weighted by molar-refractivity contribution is -0.385. The fraction of sp³-hybridized carbons (Fsp3) is 0.278. The van der Waals surface area contributed by atoms with Crippen molar-refractivity contribution in [2.75, 3.05) is 25.8 Å². The number of esters is 1. The molecule has 26 heavy (non-hydrogen) atoms. The highest BCUT2D eigenvalue weighted by atomic mass is 16.7. The average molecular weight is 358 g/mol. The van der Waals surface area contributed by atoms with Crippen molar-refractivity contribution in [1.82, 2.24) is 0 Å². The highest BCUT2D eigenvalue weighted by molar-refractivity contribution is 5.90. The van der Waals surface area contributed by atoms with Crippen LogP contribution in [-0.2, 0) is 22.7 Å². The van der Waals surface area contributed by atoms with Gasteiger partial charge in [-0.25, -0.2) is 4.79 Å². The smallest absolute Gasteiger partial charge is 0.338 e. The zero-order valence-corrected chi connectivity index (χ0v) is 14.4. The van der Waals surface area contributed by atoms with Crippen molar-refractivity contribution < 1.29 is 23.9 Å². The second kappa shape index (κ2) is 7.40. The average Bonchev–Trinajstić information content (AvgIpc) is 2.65. The van der Waals surface area contributed by atoms with Crippen molar-refractivity contribution in [3.05, 3.63) is 63.2 Å². The summed E-state index contributed by atoms with van der Waals surface area (Å²) in [5, 5.41) is 11.1. The molecule has 0 saturated heterocycles. The van der Waals surface area contributed by atoms with Crippen LogP contribution < -0.4 is 9.64 Å². The number of anilines is 1. The largest absolute Gasteiger partial charge is 0.467 e. The first-order valence-corrected chi connectivity index (χ1v) is 7.91. The van der Waals surface area contributed by atoms with Crippen LogP contribution in [0.4, 0.5) is 11.4 Å². The van der Waals surface area contributed by atoms with E-state index in [9.17, 15) is 14.9 Å². The molecule has 8 nitrogen and oxygen atoms in total. The number of nitro groups is 1. The third-order valence-electron chi connectivity index (χ3n) is 3.94. The third-order valence-corrected chi connectivity index (χ3v) is 3.94. The van der Waals surface area contributed by atoms with Gasteiger partial charge in [-0.15, -0.1) is 0 Å². The van der Waals surface area contributed by atoms with Crippen molar-refractivity contribution >= 4 is 17.3 Å². The first-order chi connectivity index (χ1) is 12.5. The molecule has 3 rings (SSSR count). The topological polar surface area (TPSA) is 91.1 Å². The number of fused-ring (bicyclic) bond motifs is 1. The quantitative estimate of drug-likeness (QED) is 0.461. The van der Waals surface area contributed by atoms with Crippen LogP contribution in [0.15, 0.2) is 36.4 Å². The molecule has 2 aromatic carbocycles. The van der Waals surface area contributed by atoms with Gasteiger partial charge in [0.05, 0.1) is 17.1 Å². The second-order valence-electron chi connectivity index (χ2n) is 5.98. The van der Waals surface area contributed by atoms with Gasteiger partial charge in [-0.3, -0.25) is 10.1 Å². The molecule has 136 valence electrons. The van der Waals surface area contributed by atoms with Gasteiger partial charge in [0.2, 0.25) is 0 Å². The van der Waals surface area contributed by atoms with Crippen LogP contribution in [0.3, 0.4) is 0 Å². The van der Waals surface area contributed by atoms with Gasteiger partial charge in [0.15, 0.2) is 6.79 Å². The van der Waals surface area contributed by atoms with Gasteiger partial charge in [0.1, 0.15) is 12.4 Å². The van der Waals surface area contributed by atoms with Crippen molar-refractivity contribution in [1.29, 1.82) is 0 Å². The molecule has 0 N–H and O–H groups in total. The Morgan fingerprint density at radius 3 is 2.85 bits per heavy atom. The summed E-state index contributed by atoms with van der Waals surface area (Å²) in [6.45, 7) is 0.133. The molecule has 0 atom stereocenters. The van der Waals surface area contributed by atoms with Gasteiger partial charge in [0.25, 0.3) is 5.69 Å². The third kappa shape index (κ3) is 3.75. The Morgan fingerprint density at radius 2 is 2.12 bits per heavy atom. The summed E-state index contributed by atoms with van der Waals surface area (Å²) < 4.78 is 15.9. The molecule has 8 heteroatoms. The SMILES string of the molecule is CN(C)c1cccc(C(=O)OCc2cc([N+](=O)[O-])cc3c2OCOC3)c1. The van der Waals surface area contributed by atoms with Gasteiger partial charge in [0, 0.05) is 43.0 Å². The van der Waals surface area contributed by atoms with Gasteiger partial charge in [-0.2, -0.15) is 0 Å². The van der Waals surface area contributed by atoms with Crippen LogP contribution in [0.25, 0.3) is 0 Å². The van der Waals surface area contributed by atoms with E-state index < -0.39 is 10.9 Å². The lowest BCUT2D eigenvalue weighted by atomic mass is 10.1. The molecule has 0 saturated carbocycles. The lowest BCUT2D eigenvalue weighted by Crippen LogP contribution is -2.15. The summed E-state index contributed by atoms with van der Waals surface area (Å²) in [6.07, 6.45) is 0. The van der Waals surface area contributed by atoms with Gasteiger partial charge in [-0.1, -0.05) is 6.07 Å². The molecular formula is C18H18N2O6. The predicted molar refractivity (Wildman–Crippen MR) is 93.3 cm³/mol. The van der Waals surface area contributed by atoms with E-state index >= 15 is 0 Å². The Labute approximate surface area is 150 Å². The summed E-state index contributed by atoms with van der Waals surface area (Å²) >= 11 is 0. The number of ether oxygens (including phenoxy) is 3. The standard InChI is InChI=1S/C18H18N2O6/c1-19(2)15-5-3-4-12(6-15)18(21)25-10-14-8-16(20(22)23)7-13-9-24-11-26-17(13)14/h3-8H,9-11H2,1-2H3. The van der Waals surface area contributed by atoms with Crippen LogP contribution in [0.5, 0.6) is 5.75 Å². The zero-order chi connectivity index (χ0) is 18.7. The Hall–Kier alpha value is -3.13. The van der Waals surface area contributed by atoms with Crippen LogP contribution in [0.2, 0.25) is 0 Å². The molecule has 1 aliphatic heterocycles. The monoisotopic (exact) mass is 358 g/mol. The molecule has 0 radical (unpaired) electrons. The van der Waals surface area contributed by atoms with Crippen LogP contribution in [0, 0.1) is 10.1 Å². The zero-order valence-electron chi connectivity index (χ0n) is 14.4. The van der Waals surface area contributed by atoms with E-state index in [2.05, 4.69) is 0 Å². The fourth-order valence-electron chi connectivity index (χ4n) is 2.63. The molecule has 0 amide bonds. The fourth-order valence-corrected chi connectivity index (χ4v) is 2.63. The molecule has 0 aromatic heterocycles. The first kappa shape index (κ1) is 17.7. The maximum atomic E-state index is 12.3. The van der Waals surface area contributed by atoms with E-state index in [1.807, 2.05) is 25.1 Å². The minimum absolute atomic E-state index is 0.0522. The molecular weight excluding hydrogens is 340 g/mol. The summed E-state index contributed by atoms with van der Waals surface area (Å²) in [5.74, 6) is -0.0438. The molecule has 0 spiro atoms. The molecule has 0 unspecified atom stereocenters. The molecule has 0 aliphatic carbocycles. The number of hydrogen-bond donors (Lipinski definition) is 0. The maximum absolute atomic E-state index is 12.3. The Kier molecular flexibility index (Phi) is 5.04. The summed E-state index contributed by atoms with van der Waals surface area (Å²) in [5.41, 5.74) is 2.17. The van der Waals surface area contributed by atoms with E-state index in [0.29, 0.717) is 22.4 Å². The van der Waals surface area contributed by atoms with Crippen molar-refractivity contribution in [2.24, 2.45) is 0 Å². The van der Waals surface area contributed by atoms with E-state index in [1.165, 1.54) is 12.1 Å². The van der Waals surface area contributed by atoms with Crippen molar-refractivity contribution in [3.8, 4) is 5.75 Å². The number of nitrogens with zero attached hydrogens (tertiary/aromatic N) is 2. The maximum Gasteiger partial charge on any atom is 0.338 e. The summed E-state index contributed by atoms with van der Waals surface area (Å²) in [6, 6.07) is 9.77. The van der Waals surface area contributed by atoms with E-state index in [-0.39, 0.29) is 25.7 Å². The molecule has 1 aliphatic rings. The number of non-ortho nitro benzene ring substituents is 1. The van der Waals surface area contributed by atoms with Crippen molar-refractivity contribution in [2.45, 2.75) is 13.2 Å². The summed E-state index contributed by atoms with van der Waals surface area (Å²) in [7, 11) is 3.75. The number of carbonyl (C=O) groups is 1. The van der Waals surface area contributed by atoms with Crippen molar-refractivity contribution in [3.63, 3.8) is 0 Å². The predicted octanol–water partition coefficient (Wildman–Crippen LogP) is 2.88. The minimum atomic E-state index is -0.513. The second-order valence-corrected chi connectivity index (χ2v) is 5.98. The van der Waals surface area contributed by atoms with E-state index in [1.54, 1.807) is 18.2 Å². The Balaban J connectivity index is 1.81. The highest BCUT2D eigenvalue weighted by Gasteiger charge is 2.22. The van der Waals surface area contributed by atoms with E-state index in [0.717, 1.165) is 5.69 Å². The Morgan fingerprint density at radius 1 is 1.31 bits per heavy atom. The first-order valence-electron chi connectivity index (χ1n) is 7.91. The van der Waals surface area contributed by atoms with E-state index in [4.69, 9.17) is 14.2 Å². The molecule has 1 heterocycles. The lowest BCUT2D eigenvalue weighted by Gasteiger charge is -2.20. The number of nitro benzene ring substituents is 1. The Bertz CT molecular complexity index is 850. The number of carbonyl (C=O) groups excluding carboxylic acids is 1. The van der Waals surface area contributed by atoms with Gasteiger partial charge >= 0.3 is 5.97 Å². The molecule has 0 bridgehead atoms. The van der Waals surface area contributed by atoms with Crippen LogP contribution in [-0.4, -0.2) is 31.8 Å². The minimum Gasteiger partial charge on any atom is -0.467 e.